The van der Waals surface area contributed by atoms with Crippen molar-refractivity contribution in [2.45, 2.75) is 51.6 Å². The van der Waals surface area contributed by atoms with Crippen LogP contribution in [0.2, 0.25) is 0 Å². The maximum Gasteiger partial charge on any atom is 0.00683 e. The summed E-state index contributed by atoms with van der Waals surface area (Å²) in [5, 5.41) is 3.59. The van der Waals surface area contributed by atoms with Crippen molar-refractivity contribution in [3.63, 3.8) is 0 Å². The second-order valence-corrected chi connectivity index (χ2v) is 4.41. The van der Waals surface area contributed by atoms with Crippen molar-refractivity contribution >= 4 is 12.4 Å². The van der Waals surface area contributed by atoms with Gasteiger partial charge in [-0.2, -0.15) is 0 Å². The molecule has 0 aromatic heterocycles. The van der Waals surface area contributed by atoms with E-state index in [0.717, 1.165) is 18.5 Å². The third-order valence-corrected chi connectivity index (χ3v) is 2.59. The first-order valence-electron chi connectivity index (χ1n) is 5.17. The van der Waals surface area contributed by atoms with E-state index in [1.54, 1.807) is 0 Å². The molecule has 3 heteroatoms. The molecule has 1 fully saturated rings. The molecule has 0 saturated heterocycles. The van der Waals surface area contributed by atoms with Crippen LogP contribution in [0.1, 0.15) is 39.5 Å². The molecule has 0 unspecified atom stereocenters. The summed E-state index contributed by atoms with van der Waals surface area (Å²) in [6, 6.07) is 1.22. The fourth-order valence-corrected chi connectivity index (χ4v) is 1.73. The Labute approximate surface area is 88.1 Å². The predicted octanol–water partition coefficient (Wildman–Crippen LogP) is 1.92. The molecule has 2 nitrogen and oxygen atoms in total. The van der Waals surface area contributed by atoms with Crippen LogP contribution in [0.4, 0.5) is 0 Å². The molecule has 0 bridgehead atoms. The van der Waals surface area contributed by atoms with Gasteiger partial charge in [0.15, 0.2) is 0 Å². The molecule has 0 heterocycles. The van der Waals surface area contributed by atoms with Crippen LogP contribution in [-0.4, -0.2) is 18.6 Å². The zero-order valence-electron chi connectivity index (χ0n) is 8.75. The third-order valence-electron chi connectivity index (χ3n) is 2.59. The molecule has 0 aromatic rings. The normalized spacial score (nSPS) is 28.6. The monoisotopic (exact) mass is 206 g/mol. The molecule has 13 heavy (non-hydrogen) atoms. The lowest BCUT2D eigenvalue weighted by atomic mass is 9.91. The number of nitrogens with one attached hydrogen (secondary N) is 1. The lowest BCUT2D eigenvalue weighted by molar-refractivity contribution is 0.332. The lowest BCUT2D eigenvalue weighted by Gasteiger charge is -2.27. The molecular formula is C10H23ClN2. The smallest absolute Gasteiger partial charge is 0.00683 e. The molecule has 80 valence electrons. The maximum atomic E-state index is 5.83. The van der Waals surface area contributed by atoms with Crippen molar-refractivity contribution in [3.8, 4) is 0 Å². The second-order valence-electron chi connectivity index (χ2n) is 4.41. The fraction of sp³-hybridized carbons (Fsp3) is 1.00. The van der Waals surface area contributed by atoms with Crippen molar-refractivity contribution in [2.24, 2.45) is 11.7 Å². The highest BCUT2D eigenvalue weighted by Crippen LogP contribution is 2.16. The van der Waals surface area contributed by atoms with Crippen LogP contribution in [0.3, 0.4) is 0 Å². The Kier molecular flexibility index (Phi) is 6.74. The van der Waals surface area contributed by atoms with Gasteiger partial charge in [-0.1, -0.05) is 13.8 Å². The summed E-state index contributed by atoms with van der Waals surface area (Å²) in [6.07, 6.45) is 4.95. The molecule has 1 saturated carbocycles. The standard InChI is InChI=1S/C10H22N2.ClH/c1-8(2)7-12-10-5-3-9(11)4-6-10;/h8-10,12H,3-7,11H2,1-2H3;1H. The second kappa shape index (κ2) is 6.63. The van der Waals surface area contributed by atoms with Gasteiger partial charge in [0.05, 0.1) is 0 Å². The highest BCUT2D eigenvalue weighted by molar-refractivity contribution is 5.85. The molecule has 1 rings (SSSR count). The van der Waals surface area contributed by atoms with Crippen LogP contribution in [-0.2, 0) is 0 Å². The van der Waals surface area contributed by atoms with Crippen LogP contribution < -0.4 is 11.1 Å². The quantitative estimate of drug-likeness (QED) is 0.741. The summed E-state index contributed by atoms with van der Waals surface area (Å²) < 4.78 is 0. The Balaban J connectivity index is 0.00000144. The molecule has 1 aliphatic carbocycles. The average Bonchev–Trinajstić information content (AvgIpc) is 2.03. The third kappa shape index (κ3) is 5.50. The van der Waals surface area contributed by atoms with Gasteiger partial charge < -0.3 is 11.1 Å². The molecule has 0 amide bonds. The van der Waals surface area contributed by atoms with Gasteiger partial charge in [0, 0.05) is 12.1 Å². The van der Waals surface area contributed by atoms with Crippen LogP contribution in [0, 0.1) is 5.92 Å². The largest absolute Gasteiger partial charge is 0.328 e. The van der Waals surface area contributed by atoms with Crippen molar-refractivity contribution in [2.75, 3.05) is 6.54 Å². The fourth-order valence-electron chi connectivity index (χ4n) is 1.73. The molecular weight excluding hydrogens is 184 g/mol. The van der Waals surface area contributed by atoms with Gasteiger partial charge in [-0.25, -0.2) is 0 Å². The maximum absolute atomic E-state index is 5.83. The van der Waals surface area contributed by atoms with Crippen LogP contribution in [0.15, 0.2) is 0 Å². The summed E-state index contributed by atoms with van der Waals surface area (Å²) in [6.45, 7) is 5.66. The van der Waals surface area contributed by atoms with Gasteiger partial charge in [0.2, 0.25) is 0 Å². The molecule has 0 aromatic carbocycles. The average molecular weight is 207 g/mol. The Morgan fingerprint density at radius 3 is 2.23 bits per heavy atom. The zero-order valence-corrected chi connectivity index (χ0v) is 9.57. The Bertz CT molecular complexity index is 120. The van der Waals surface area contributed by atoms with Gasteiger partial charge in [-0.15, -0.1) is 12.4 Å². The SMILES string of the molecule is CC(C)CNC1CCC(N)CC1.Cl. The molecule has 0 spiro atoms. The first-order valence-corrected chi connectivity index (χ1v) is 5.17. The van der Waals surface area contributed by atoms with Gasteiger partial charge in [0.1, 0.15) is 0 Å². The number of hydrogen-bond donors (Lipinski definition) is 2. The molecule has 3 N–H and O–H groups in total. The first kappa shape index (κ1) is 13.2. The van der Waals surface area contributed by atoms with E-state index in [1.807, 2.05) is 0 Å². The van der Waals surface area contributed by atoms with Crippen LogP contribution in [0.25, 0.3) is 0 Å². The number of nitrogens with two attached hydrogens (primary N) is 1. The van der Waals surface area contributed by atoms with E-state index in [9.17, 15) is 0 Å². The highest BCUT2D eigenvalue weighted by Gasteiger charge is 2.17. The summed E-state index contributed by atoms with van der Waals surface area (Å²) >= 11 is 0. The minimum absolute atomic E-state index is 0. The van der Waals surface area contributed by atoms with Crippen molar-refractivity contribution < 1.29 is 0 Å². The van der Waals surface area contributed by atoms with Gasteiger partial charge in [-0.3, -0.25) is 0 Å². The van der Waals surface area contributed by atoms with E-state index in [2.05, 4.69) is 19.2 Å². The van der Waals surface area contributed by atoms with Crippen molar-refractivity contribution in [3.05, 3.63) is 0 Å². The highest BCUT2D eigenvalue weighted by atomic mass is 35.5. The Hall–Kier alpha value is 0.210. The lowest BCUT2D eigenvalue weighted by Crippen LogP contribution is -2.38. The minimum atomic E-state index is 0. The van der Waals surface area contributed by atoms with Gasteiger partial charge in [-0.05, 0) is 38.1 Å². The van der Waals surface area contributed by atoms with Gasteiger partial charge in [0.25, 0.3) is 0 Å². The van der Waals surface area contributed by atoms with E-state index in [1.165, 1.54) is 25.7 Å². The zero-order chi connectivity index (χ0) is 8.97. The number of rotatable bonds is 3. The van der Waals surface area contributed by atoms with Crippen molar-refractivity contribution in [1.29, 1.82) is 0 Å². The predicted molar refractivity (Wildman–Crippen MR) is 60.3 cm³/mol. The number of halogens is 1. The molecule has 0 radical (unpaired) electrons. The van der Waals surface area contributed by atoms with Crippen molar-refractivity contribution in [1.82, 2.24) is 5.32 Å². The van der Waals surface area contributed by atoms with Crippen LogP contribution in [0.5, 0.6) is 0 Å². The van der Waals surface area contributed by atoms with E-state index >= 15 is 0 Å². The summed E-state index contributed by atoms with van der Waals surface area (Å²) in [4.78, 5) is 0. The van der Waals surface area contributed by atoms with E-state index in [-0.39, 0.29) is 12.4 Å². The van der Waals surface area contributed by atoms with E-state index in [4.69, 9.17) is 5.73 Å². The van der Waals surface area contributed by atoms with E-state index in [0.29, 0.717) is 6.04 Å². The molecule has 1 aliphatic rings. The minimum Gasteiger partial charge on any atom is -0.328 e. The summed E-state index contributed by atoms with van der Waals surface area (Å²) in [7, 11) is 0. The molecule has 0 aliphatic heterocycles. The Morgan fingerprint density at radius 1 is 1.23 bits per heavy atom. The first-order chi connectivity index (χ1) is 5.68. The number of hydrogen-bond acceptors (Lipinski definition) is 2. The topological polar surface area (TPSA) is 38.0 Å². The molecule has 0 atom stereocenters. The van der Waals surface area contributed by atoms with E-state index < -0.39 is 0 Å². The van der Waals surface area contributed by atoms with Crippen LogP contribution >= 0.6 is 12.4 Å². The summed E-state index contributed by atoms with van der Waals surface area (Å²) in [5.74, 6) is 0.764. The Morgan fingerprint density at radius 2 is 1.77 bits per heavy atom. The van der Waals surface area contributed by atoms with Gasteiger partial charge >= 0.3 is 0 Å². The summed E-state index contributed by atoms with van der Waals surface area (Å²) in [5.41, 5.74) is 5.83.